The zero-order valence-electron chi connectivity index (χ0n) is 9.66. The smallest absolute Gasteiger partial charge is 0.163 e. The molecular formula is C11H17NO3. The van der Waals surface area contributed by atoms with Crippen molar-refractivity contribution >= 4 is 5.78 Å². The largest absolute Gasteiger partial charge is 0.348 e. The molecule has 1 fully saturated rings. The lowest BCUT2D eigenvalue weighted by molar-refractivity contribution is -0.143. The van der Waals surface area contributed by atoms with Gasteiger partial charge in [-0.25, -0.2) is 0 Å². The lowest BCUT2D eigenvalue weighted by Crippen LogP contribution is -2.31. The summed E-state index contributed by atoms with van der Waals surface area (Å²) in [5.74, 6) is -0.726. The second-order valence-electron chi connectivity index (χ2n) is 4.65. The Bertz CT molecular complexity index is 305. The molecule has 0 amide bonds. The summed E-state index contributed by atoms with van der Waals surface area (Å²) in [5, 5.41) is 8.98. The third-order valence-corrected chi connectivity index (χ3v) is 2.73. The van der Waals surface area contributed by atoms with Crippen LogP contribution in [0.3, 0.4) is 0 Å². The van der Waals surface area contributed by atoms with Crippen molar-refractivity contribution in [3.8, 4) is 6.07 Å². The summed E-state index contributed by atoms with van der Waals surface area (Å²) in [6, 6.07) is 2.05. The van der Waals surface area contributed by atoms with E-state index in [1.54, 1.807) is 6.92 Å². The number of hydrogen-bond acceptors (Lipinski definition) is 4. The van der Waals surface area contributed by atoms with Gasteiger partial charge in [-0.3, -0.25) is 4.79 Å². The fraction of sp³-hybridized carbons (Fsp3) is 0.818. The van der Waals surface area contributed by atoms with E-state index in [2.05, 4.69) is 0 Å². The van der Waals surface area contributed by atoms with Crippen LogP contribution in [0.1, 0.15) is 34.1 Å². The molecule has 15 heavy (non-hydrogen) atoms. The molecule has 4 heteroatoms. The maximum absolute atomic E-state index is 11.3. The Morgan fingerprint density at radius 1 is 1.67 bits per heavy atom. The van der Waals surface area contributed by atoms with Gasteiger partial charge in [0.05, 0.1) is 18.8 Å². The van der Waals surface area contributed by atoms with Crippen molar-refractivity contribution in [3.63, 3.8) is 0 Å². The van der Waals surface area contributed by atoms with E-state index in [1.807, 2.05) is 19.9 Å². The minimum absolute atomic E-state index is 0.127. The summed E-state index contributed by atoms with van der Waals surface area (Å²) in [6.07, 6.45) is 0.218. The van der Waals surface area contributed by atoms with Crippen molar-refractivity contribution in [3.05, 3.63) is 0 Å². The molecule has 0 N–H and O–H groups in total. The average Bonchev–Trinajstić information content (AvgIpc) is 2.45. The van der Waals surface area contributed by atoms with E-state index in [4.69, 9.17) is 14.7 Å². The molecule has 1 rings (SSSR count). The van der Waals surface area contributed by atoms with E-state index in [0.29, 0.717) is 13.0 Å². The van der Waals surface area contributed by atoms with Gasteiger partial charge in [0.15, 0.2) is 5.79 Å². The van der Waals surface area contributed by atoms with Gasteiger partial charge in [-0.2, -0.15) is 5.26 Å². The highest BCUT2D eigenvalue weighted by Gasteiger charge is 2.39. The fourth-order valence-corrected chi connectivity index (χ4v) is 1.59. The Morgan fingerprint density at radius 2 is 2.27 bits per heavy atom. The van der Waals surface area contributed by atoms with Gasteiger partial charge in [0.25, 0.3) is 0 Å². The van der Waals surface area contributed by atoms with Gasteiger partial charge in [-0.1, -0.05) is 0 Å². The summed E-state index contributed by atoms with van der Waals surface area (Å²) in [4.78, 5) is 11.3. The Kier molecular flexibility index (Phi) is 3.17. The van der Waals surface area contributed by atoms with E-state index >= 15 is 0 Å². The molecule has 0 spiro atoms. The van der Waals surface area contributed by atoms with Crippen molar-refractivity contribution in [1.82, 2.24) is 0 Å². The minimum atomic E-state index is -0.964. The van der Waals surface area contributed by atoms with Crippen LogP contribution < -0.4 is 0 Å². The number of nitrogens with zero attached hydrogens (tertiary/aromatic N) is 1. The van der Waals surface area contributed by atoms with Crippen LogP contribution in [0.4, 0.5) is 0 Å². The molecule has 0 bridgehead atoms. The molecule has 1 saturated heterocycles. The Balaban J connectivity index is 2.64. The highest BCUT2D eigenvalue weighted by Crippen LogP contribution is 2.31. The number of rotatable bonds is 3. The SMILES string of the molecule is CC(=O)C(C)(C#N)CC1COC(C)(C)O1. The van der Waals surface area contributed by atoms with Crippen LogP contribution >= 0.6 is 0 Å². The van der Waals surface area contributed by atoms with Crippen LogP contribution in [0.5, 0.6) is 0 Å². The molecule has 2 unspecified atom stereocenters. The normalized spacial score (nSPS) is 28.1. The Morgan fingerprint density at radius 3 is 2.60 bits per heavy atom. The molecule has 4 nitrogen and oxygen atoms in total. The minimum Gasteiger partial charge on any atom is -0.348 e. The third-order valence-electron chi connectivity index (χ3n) is 2.73. The van der Waals surface area contributed by atoms with Crippen LogP contribution in [0.25, 0.3) is 0 Å². The molecule has 0 radical (unpaired) electrons. The van der Waals surface area contributed by atoms with Crippen molar-refractivity contribution in [2.24, 2.45) is 5.41 Å². The number of nitriles is 1. The molecule has 1 aliphatic heterocycles. The lowest BCUT2D eigenvalue weighted by atomic mass is 9.82. The van der Waals surface area contributed by atoms with Gasteiger partial charge in [-0.05, 0) is 27.7 Å². The van der Waals surface area contributed by atoms with Crippen LogP contribution in [-0.4, -0.2) is 24.3 Å². The monoisotopic (exact) mass is 211 g/mol. The number of ether oxygens (including phenoxy) is 2. The number of carbonyl (C=O) groups is 1. The topological polar surface area (TPSA) is 59.3 Å². The zero-order chi connectivity index (χ0) is 11.7. The Hall–Kier alpha value is -0.920. The van der Waals surface area contributed by atoms with E-state index in [9.17, 15) is 4.79 Å². The first-order valence-electron chi connectivity index (χ1n) is 5.03. The first kappa shape index (κ1) is 12.2. The molecule has 1 aliphatic rings. The van der Waals surface area contributed by atoms with Gasteiger partial charge in [-0.15, -0.1) is 0 Å². The summed E-state index contributed by atoms with van der Waals surface area (Å²) in [7, 11) is 0. The predicted octanol–water partition coefficient (Wildman–Crippen LogP) is 1.65. The maximum atomic E-state index is 11.3. The van der Waals surface area contributed by atoms with Gasteiger partial charge in [0.2, 0.25) is 0 Å². The van der Waals surface area contributed by atoms with E-state index in [-0.39, 0.29) is 11.9 Å². The van der Waals surface area contributed by atoms with Gasteiger partial charge in [0, 0.05) is 6.42 Å². The molecule has 1 heterocycles. The van der Waals surface area contributed by atoms with Gasteiger partial charge >= 0.3 is 0 Å². The second kappa shape index (κ2) is 3.92. The molecule has 84 valence electrons. The first-order valence-corrected chi connectivity index (χ1v) is 5.03. The predicted molar refractivity (Wildman–Crippen MR) is 53.9 cm³/mol. The maximum Gasteiger partial charge on any atom is 0.163 e. The summed E-state index contributed by atoms with van der Waals surface area (Å²) >= 11 is 0. The molecule has 2 atom stereocenters. The van der Waals surface area contributed by atoms with E-state index in [1.165, 1.54) is 6.92 Å². The van der Waals surface area contributed by atoms with E-state index < -0.39 is 11.2 Å². The number of hydrogen-bond donors (Lipinski definition) is 0. The van der Waals surface area contributed by atoms with Gasteiger partial charge < -0.3 is 9.47 Å². The van der Waals surface area contributed by atoms with Crippen LogP contribution in [-0.2, 0) is 14.3 Å². The summed E-state index contributed by atoms with van der Waals surface area (Å²) < 4.78 is 11.0. The van der Waals surface area contributed by atoms with Crippen molar-refractivity contribution in [1.29, 1.82) is 5.26 Å². The van der Waals surface area contributed by atoms with Crippen molar-refractivity contribution in [2.75, 3.05) is 6.61 Å². The highest BCUT2D eigenvalue weighted by atomic mass is 16.7. The summed E-state index contributed by atoms with van der Waals surface area (Å²) in [6.45, 7) is 7.17. The molecule has 0 aromatic carbocycles. The quantitative estimate of drug-likeness (QED) is 0.712. The van der Waals surface area contributed by atoms with E-state index in [0.717, 1.165) is 0 Å². The van der Waals surface area contributed by atoms with Crippen LogP contribution in [0.15, 0.2) is 0 Å². The first-order chi connectivity index (χ1) is 6.79. The number of ketones is 1. The van der Waals surface area contributed by atoms with Crippen LogP contribution in [0.2, 0.25) is 0 Å². The molecule has 0 aromatic heterocycles. The third kappa shape index (κ3) is 2.77. The molecule has 0 aromatic rings. The standard InChI is InChI=1S/C11H17NO3/c1-8(13)11(4,7-12)5-9-6-14-10(2,3)15-9/h9H,5-6H2,1-4H3. The Labute approximate surface area is 90.2 Å². The number of Topliss-reactive ketones (excluding diaryl/α,β-unsaturated/α-hetero) is 1. The average molecular weight is 211 g/mol. The molecule has 0 saturated carbocycles. The zero-order valence-corrected chi connectivity index (χ0v) is 9.66. The van der Waals surface area contributed by atoms with Crippen molar-refractivity contribution < 1.29 is 14.3 Å². The van der Waals surface area contributed by atoms with Gasteiger partial charge in [0.1, 0.15) is 11.2 Å². The highest BCUT2D eigenvalue weighted by molar-refractivity contribution is 5.84. The fourth-order valence-electron chi connectivity index (χ4n) is 1.59. The lowest BCUT2D eigenvalue weighted by Gasteiger charge is -2.22. The molecular weight excluding hydrogens is 194 g/mol. The second-order valence-corrected chi connectivity index (χ2v) is 4.65. The summed E-state index contributed by atoms with van der Waals surface area (Å²) in [5.41, 5.74) is -0.964. The molecule has 0 aliphatic carbocycles. The number of carbonyl (C=O) groups excluding carboxylic acids is 1. The van der Waals surface area contributed by atoms with Crippen molar-refractivity contribution in [2.45, 2.75) is 46.0 Å². The van der Waals surface area contributed by atoms with Crippen LogP contribution in [0, 0.1) is 16.7 Å².